The largest absolute Gasteiger partial charge is 0.476 e. The molecular weight excluding hydrogens is 226 g/mol. The Morgan fingerprint density at radius 2 is 2.29 bits per heavy atom. The predicted octanol–water partition coefficient (Wildman–Crippen LogP) is 0.452. The first-order chi connectivity index (χ1) is 8.06. The number of amides is 1. The topological polar surface area (TPSA) is 104 Å². The molecule has 7 heteroatoms. The number of hydrogen-bond acceptors (Lipinski definition) is 5. The van der Waals surface area contributed by atoms with E-state index in [2.05, 4.69) is 15.6 Å². The fourth-order valence-electron chi connectivity index (χ4n) is 1.24. The number of carbonyl (C=O) groups is 2. The first-order valence-corrected chi connectivity index (χ1v) is 5.32. The van der Waals surface area contributed by atoms with Crippen molar-refractivity contribution >= 4 is 17.9 Å². The van der Waals surface area contributed by atoms with Crippen molar-refractivity contribution in [3.8, 4) is 0 Å². The highest BCUT2D eigenvalue weighted by Crippen LogP contribution is 2.19. The molecule has 1 aromatic heterocycles. The van der Waals surface area contributed by atoms with Gasteiger partial charge in [0.2, 0.25) is 5.91 Å². The number of nitrogens with zero attached hydrogens (tertiary/aromatic N) is 1. The van der Waals surface area contributed by atoms with Gasteiger partial charge in [-0.25, -0.2) is 4.79 Å². The minimum Gasteiger partial charge on any atom is -0.476 e. The molecule has 0 aliphatic heterocycles. The molecule has 1 aliphatic rings. The normalized spacial score (nSPS) is 16.3. The van der Waals surface area contributed by atoms with Crippen LogP contribution < -0.4 is 10.6 Å². The van der Waals surface area contributed by atoms with Gasteiger partial charge >= 0.3 is 5.97 Å². The van der Waals surface area contributed by atoms with Gasteiger partial charge in [0.15, 0.2) is 5.69 Å². The Morgan fingerprint density at radius 3 is 2.82 bits per heavy atom. The molecule has 1 aliphatic carbocycles. The highest BCUT2D eigenvalue weighted by Gasteiger charge is 2.26. The van der Waals surface area contributed by atoms with E-state index in [1.807, 2.05) is 0 Å². The van der Waals surface area contributed by atoms with Crippen LogP contribution in [0.5, 0.6) is 0 Å². The molecule has 0 spiro atoms. The molecule has 1 aromatic rings. The number of aromatic nitrogens is 1. The number of nitrogens with one attached hydrogen (secondary N) is 2. The van der Waals surface area contributed by atoms with Crippen LogP contribution in [0.25, 0.3) is 0 Å². The molecule has 0 saturated heterocycles. The fourth-order valence-corrected chi connectivity index (χ4v) is 1.24. The molecule has 1 fully saturated rings. The Labute approximate surface area is 97.2 Å². The van der Waals surface area contributed by atoms with Crippen LogP contribution in [0.3, 0.4) is 0 Å². The molecule has 1 amide bonds. The number of oxazole rings is 1. The fraction of sp³-hybridized carbons (Fsp3) is 0.500. The quantitative estimate of drug-likeness (QED) is 0.689. The lowest BCUT2D eigenvalue weighted by atomic mass is 10.3. The van der Waals surface area contributed by atoms with Crippen molar-refractivity contribution in [1.29, 1.82) is 0 Å². The summed E-state index contributed by atoms with van der Waals surface area (Å²) < 4.78 is 4.88. The number of aromatic carboxylic acids is 1. The maximum Gasteiger partial charge on any atom is 0.357 e. The van der Waals surface area contributed by atoms with Gasteiger partial charge in [-0.15, -0.1) is 0 Å². The van der Waals surface area contributed by atoms with E-state index in [1.54, 1.807) is 6.92 Å². The third-order valence-corrected chi connectivity index (χ3v) is 2.38. The van der Waals surface area contributed by atoms with Crippen molar-refractivity contribution in [2.24, 2.45) is 0 Å². The van der Waals surface area contributed by atoms with E-state index in [1.165, 1.54) is 0 Å². The third kappa shape index (κ3) is 2.96. The molecule has 0 radical (unpaired) electrons. The molecule has 2 rings (SSSR count). The van der Waals surface area contributed by atoms with Crippen molar-refractivity contribution in [2.45, 2.75) is 31.8 Å². The summed E-state index contributed by atoms with van der Waals surface area (Å²) >= 11 is 0. The van der Waals surface area contributed by atoms with E-state index < -0.39 is 12.0 Å². The van der Waals surface area contributed by atoms with E-state index in [0.29, 0.717) is 0 Å². The van der Waals surface area contributed by atoms with E-state index >= 15 is 0 Å². The second kappa shape index (κ2) is 4.44. The zero-order valence-electron chi connectivity index (χ0n) is 9.27. The monoisotopic (exact) mass is 239 g/mol. The summed E-state index contributed by atoms with van der Waals surface area (Å²) in [5.41, 5.74) is -0.192. The summed E-state index contributed by atoms with van der Waals surface area (Å²) in [6.07, 6.45) is 3.05. The van der Waals surface area contributed by atoms with Gasteiger partial charge in [-0.2, -0.15) is 4.98 Å². The lowest BCUT2D eigenvalue weighted by Crippen LogP contribution is -2.38. The third-order valence-electron chi connectivity index (χ3n) is 2.38. The average molecular weight is 239 g/mol. The minimum atomic E-state index is -1.17. The van der Waals surface area contributed by atoms with Crippen LogP contribution in [0.1, 0.15) is 30.3 Å². The van der Waals surface area contributed by atoms with Crippen molar-refractivity contribution in [2.75, 3.05) is 5.32 Å². The Hall–Kier alpha value is -2.05. The smallest absolute Gasteiger partial charge is 0.357 e. The minimum absolute atomic E-state index is 0.0286. The van der Waals surface area contributed by atoms with Gasteiger partial charge in [0, 0.05) is 6.04 Å². The molecule has 0 bridgehead atoms. The lowest BCUT2D eigenvalue weighted by Gasteiger charge is -2.11. The Kier molecular flexibility index (Phi) is 2.99. The number of carbonyl (C=O) groups excluding carboxylic acids is 1. The van der Waals surface area contributed by atoms with Crippen LogP contribution in [0, 0.1) is 0 Å². The molecule has 1 atom stereocenters. The van der Waals surface area contributed by atoms with Crippen LogP contribution >= 0.6 is 0 Å². The van der Waals surface area contributed by atoms with Crippen molar-refractivity contribution in [3.05, 3.63) is 12.0 Å². The molecule has 17 heavy (non-hydrogen) atoms. The summed E-state index contributed by atoms with van der Waals surface area (Å²) in [7, 11) is 0. The van der Waals surface area contributed by atoms with Crippen molar-refractivity contribution in [3.63, 3.8) is 0 Å². The van der Waals surface area contributed by atoms with E-state index in [4.69, 9.17) is 9.52 Å². The molecule has 92 valence electrons. The molecule has 1 heterocycles. The van der Waals surface area contributed by atoms with Crippen molar-refractivity contribution < 1.29 is 19.1 Å². The maximum atomic E-state index is 11.6. The van der Waals surface area contributed by atoms with Crippen LogP contribution in [0.4, 0.5) is 6.01 Å². The summed E-state index contributed by atoms with van der Waals surface area (Å²) in [6.45, 7) is 1.66. The molecule has 3 N–H and O–H groups in total. The molecule has 0 aromatic carbocycles. The van der Waals surface area contributed by atoms with Gasteiger partial charge in [-0.1, -0.05) is 0 Å². The predicted molar refractivity (Wildman–Crippen MR) is 57.7 cm³/mol. The van der Waals surface area contributed by atoms with Gasteiger partial charge in [-0.3, -0.25) is 4.79 Å². The Morgan fingerprint density at radius 1 is 1.59 bits per heavy atom. The Balaban J connectivity index is 1.89. The van der Waals surface area contributed by atoms with E-state index in [0.717, 1.165) is 19.1 Å². The highest BCUT2D eigenvalue weighted by molar-refractivity contribution is 5.86. The highest BCUT2D eigenvalue weighted by atomic mass is 16.4. The van der Waals surface area contributed by atoms with Crippen LogP contribution in [0.2, 0.25) is 0 Å². The summed E-state index contributed by atoms with van der Waals surface area (Å²) in [5, 5.41) is 14.2. The van der Waals surface area contributed by atoms with Gasteiger partial charge < -0.3 is 20.2 Å². The van der Waals surface area contributed by atoms with Gasteiger partial charge in [-0.05, 0) is 19.8 Å². The second-order valence-corrected chi connectivity index (χ2v) is 3.99. The molecule has 1 unspecified atom stereocenters. The second-order valence-electron chi connectivity index (χ2n) is 3.99. The summed E-state index contributed by atoms with van der Waals surface area (Å²) in [6, 6.07) is -0.206. The Bertz CT molecular complexity index is 439. The van der Waals surface area contributed by atoms with Crippen LogP contribution in [0.15, 0.2) is 10.7 Å². The number of carboxylic acids is 1. The molecule has 7 nitrogen and oxygen atoms in total. The molecule has 1 saturated carbocycles. The van der Waals surface area contributed by atoms with Gasteiger partial charge in [0.1, 0.15) is 12.3 Å². The summed E-state index contributed by atoms with van der Waals surface area (Å²) in [5.74, 6) is -1.32. The number of carboxylic acid groups (broad SMARTS) is 1. The maximum absolute atomic E-state index is 11.6. The number of rotatable bonds is 5. The van der Waals surface area contributed by atoms with E-state index in [9.17, 15) is 9.59 Å². The number of anilines is 1. The summed E-state index contributed by atoms with van der Waals surface area (Å²) in [4.78, 5) is 25.8. The van der Waals surface area contributed by atoms with E-state index in [-0.39, 0.29) is 23.7 Å². The van der Waals surface area contributed by atoms with Gasteiger partial charge in [0.05, 0.1) is 0 Å². The average Bonchev–Trinajstić information content (AvgIpc) is 2.94. The number of hydrogen-bond donors (Lipinski definition) is 3. The zero-order valence-corrected chi connectivity index (χ0v) is 9.27. The zero-order chi connectivity index (χ0) is 12.4. The van der Waals surface area contributed by atoms with Crippen LogP contribution in [-0.2, 0) is 4.79 Å². The first-order valence-electron chi connectivity index (χ1n) is 5.32. The SMILES string of the molecule is CC(Nc1nc(C(=O)O)co1)C(=O)NC1CC1. The van der Waals surface area contributed by atoms with Crippen LogP contribution in [-0.4, -0.2) is 34.1 Å². The van der Waals surface area contributed by atoms with Crippen molar-refractivity contribution in [1.82, 2.24) is 10.3 Å². The molecular formula is C10H13N3O4. The lowest BCUT2D eigenvalue weighted by molar-refractivity contribution is -0.121. The first kappa shape index (κ1) is 11.4. The standard InChI is InChI=1S/C10H13N3O4/c1-5(8(14)12-6-2-3-6)11-10-13-7(4-17-10)9(15)16/h4-6H,2-3H2,1H3,(H,11,13)(H,12,14)(H,15,16). The van der Waals surface area contributed by atoms with Gasteiger partial charge in [0.25, 0.3) is 6.01 Å².